The third kappa shape index (κ3) is 5.17. The molecular formula is C9H17ClO3S. The van der Waals surface area contributed by atoms with E-state index in [0.717, 1.165) is 0 Å². The summed E-state index contributed by atoms with van der Waals surface area (Å²) < 4.78 is 26.9. The van der Waals surface area contributed by atoms with E-state index in [0.29, 0.717) is 12.5 Å². The highest BCUT2D eigenvalue weighted by molar-refractivity contribution is 8.13. The van der Waals surface area contributed by atoms with Gasteiger partial charge in [0.25, 0.3) is 0 Å². The Morgan fingerprint density at radius 1 is 1.43 bits per heavy atom. The molecule has 0 spiro atoms. The van der Waals surface area contributed by atoms with Crippen molar-refractivity contribution < 1.29 is 13.2 Å². The maximum atomic E-state index is 10.7. The molecule has 0 amide bonds. The van der Waals surface area contributed by atoms with Crippen LogP contribution in [0.3, 0.4) is 0 Å². The Kier molecular flexibility index (Phi) is 4.67. The van der Waals surface area contributed by atoms with Crippen molar-refractivity contribution in [1.82, 2.24) is 0 Å². The molecule has 84 valence electrons. The Balaban J connectivity index is 2.17. The molecule has 0 N–H and O–H groups in total. The van der Waals surface area contributed by atoms with E-state index in [1.54, 1.807) is 6.92 Å². The zero-order valence-electron chi connectivity index (χ0n) is 8.41. The summed E-state index contributed by atoms with van der Waals surface area (Å²) in [5, 5.41) is 0. The van der Waals surface area contributed by atoms with Gasteiger partial charge in [-0.2, -0.15) is 0 Å². The molecule has 0 saturated heterocycles. The van der Waals surface area contributed by atoms with Crippen molar-refractivity contribution in [3.8, 4) is 0 Å². The monoisotopic (exact) mass is 240 g/mol. The first-order chi connectivity index (χ1) is 6.47. The van der Waals surface area contributed by atoms with E-state index in [4.69, 9.17) is 15.4 Å². The number of hydrogen-bond donors (Lipinski definition) is 0. The summed E-state index contributed by atoms with van der Waals surface area (Å²) in [6.45, 7) is 2.42. The zero-order valence-corrected chi connectivity index (χ0v) is 9.98. The van der Waals surface area contributed by atoms with Crippen molar-refractivity contribution >= 4 is 19.7 Å². The van der Waals surface area contributed by atoms with E-state index < -0.39 is 9.05 Å². The van der Waals surface area contributed by atoms with Gasteiger partial charge in [0.1, 0.15) is 0 Å². The largest absolute Gasteiger partial charge is 0.377 e. The van der Waals surface area contributed by atoms with Crippen LogP contribution in [-0.4, -0.2) is 26.9 Å². The second-order valence-corrected chi connectivity index (χ2v) is 6.82. The fraction of sp³-hybridized carbons (Fsp3) is 1.00. The van der Waals surface area contributed by atoms with Crippen molar-refractivity contribution in [3.05, 3.63) is 0 Å². The van der Waals surface area contributed by atoms with E-state index in [9.17, 15) is 8.42 Å². The predicted octanol–water partition coefficient (Wildman–Crippen LogP) is 2.15. The second-order valence-electron chi connectivity index (χ2n) is 4.00. The van der Waals surface area contributed by atoms with Gasteiger partial charge in [-0.25, -0.2) is 8.42 Å². The molecule has 0 aromatic heterocycles. The first-order valence-electron chi connectivity index (χ1n) is 5.01. The van der Waals surface area contributed by atoms with Crippen LogP contribution in [0.25, 0.3) is 0 Å². The van der Waals surface area contributed by atoms with Crippen molar-refractivity contribution in [2.24, 2.45) is 5.92 Å². The van der Waals surface area contributed by atoms with E-state index in [1.807, 2.05) is 0 Å². The molecule has 14 heavy (non-hydrogen) atoms. The highest BCUT2D eigenvalue weighted by Crippen LogP contribution is 2.25. The predicted molar refractivity (Wildman–Crippen MR) is 57.0 cm³/mol. The second kappa shape index (κ2) is 5.33. The third-order valence-corrected chi connectivity index (χ3v) is 3.77. The molecule has 0 aliphatic heterocycles. The summed E-state index contributed by atoms with van der Waals surface area (Å²) in [6, 6.07) is 0. The van der Waals surface area contributed by atoms with Crippen LogP contribution < -0.4 is 0 Å². The summed E-state index contributed by atoms with van der Waals surface area (Å²) in [7, 11) is 1.69. The van der Waals surface area contributed by atoms with E-state index >= 15 is 0 Å². The van der Waals surface area contributed by atoms with Gasteiger partial charge in [0.15, 0.2) is 0 Å². The molecule has 1 aliphatic rings. The Bertz CT molecular complexity index is 257. The topological polar surface area (TPSA) is 43.4 Å². The first-order valence-corrected chi connectivity index (χ1v) is 7.49. The maximum absolute atomic E-state index is 10.7. The molecule has 5 heteroatoms. The smallest absolute Gasteiger partial charge is 0.235 e. The Hall–Kier alpha value is 0.200. The van der Waals surface area contributed by atoms with Gasteiger partial charge in [0, 0.05) is 17.3 Å². The molecular weight excluding hydrogens is 224 g/mol. The van der Waals surface area contributed by atoms with Crippen LogP contribution in [0.4, 0.5) is 0 Å². The first kappa shape index (κ1) is 12.3. The van der Waals surface area contributed by atoms with Crippen LogP contribution in [0.5, 0.6) is 0 Å². The molecule has 3 nitrogen and oxygen atoms in total. The summed E-state index contributed by atoms with van der Waals surface area (Å²) >= 11 is 0. The maximum Gasteiger partial charge on any atom is 0.235 e. The minimum absolute atomic E-state index is 0.0960. The molecule has 1 aliphatic carbocycles. The van der Waals surface area contributed by atoms with Crippen molar-refractivity contribution in [3.63, 3.8) is 0 Å². The van der Waals surface area contributed by atoms with Crippen LogP contribution in [0.15, 0.2) is 0 Å². The van der Waals surface area contributed by atoms with Gasteiger partial charge >= 0.3 is 0 Å². The Morgan fingerprint density at radius 3 is 2.50 bits per heavy atom. The molecule has 0 bridgehead atoms. The summed E-state index contributed by atoms with van der Waals surface area (Å²) in [6.07, 6.45) is 4.67. The van der Waals surface area contributed by atoms with E-state index in [-0.39, 0.29) is 11.9 Å². The summed E-state index contributed by atoms with van der Waals surface area (Å²) in [5.74, 6) is 0.525. The van der Waals surface area contributed by atoms with Gasteiger partial charge in [-0.1, -0.05) is 12.8 Å². The molecule has 0 heterocycles. The van der Waals surface area contributed by atoms with E-state index in [1.165, 1.54) is 25.7 Å². The van der Waals surface area contributed by atoms with E-state index in [2.05, 4.69) is 0 Å². The number of halogens is 1. The molecule has 1 saturated carbocycles. The molecule has 0 aromatic rings. The SMILES string of the molecule is CC(CS(=O)(=O)Cl)OCC1CCCC1. The number of rotatable bonds is 5. The fourth-order valence-electron chi connectivity index (χ4n) is 1.81. The molecule has 1 rings (SSSR count). The van der Waals surface area contributed by atoms with Crippen LogP contribution in [-0.2, 0) is 13.8 Å². The van der Waals surface area contributed by atoms with Gasteiger partial charge in [-0.05, 0) is 25.7 Å². The van der Waals surface area contributed by atoms with Crippen molar-refractivity contribution in [2.75, 3.05) is 12.4 Å². The van der Waals surface area contributed by atoms with Gasteiger partial charge in [0.05, 0.1) is 11.9 Å². The van der Waals surface area contributed by atoms with Crippen LogP contribution >= 0.6 is 10.7 Å². The average Bonchev–Trinajstić information content (AvgIpc) is 2.49. The number of ether oxygens (including phenoxy) is 1. The summed E-state index contributed by atoms with van der Waals surface area (Å²) in [4.78, 5) is 0. The lowest BCUT2D eigenvalue weighted by Crippen LogP contribution is -2.20. The molecule has 0 radical (unpaired) electrons. The lowest BCUT2D eigenvalue weighted by atomic mass is 10.1. The molecule has 0 aromatic carbocycles. The van der Waals surface area contributed by atoms with Crippen LogP contribution in [0.1, 0.15) is 32.6 Å². The normalized spacial score (nSPS) is 21.3. The van der Waals surface area contributed by atoms with Crippen molar-refractivity contribution in [2.45, 2.75) is 38.7 Å². The standard InChI is InChI=1S/C9H17ClO3S/c1-8(7-14(10,11)12)13-6-9-4-2-3-5-9/h8-9H,2-7H2,1H3. The lowest BCUT2D eigenvalue weighted by molar-refractivity contribution is 0.0547. The quantitative estimate of drug-likeness (QED) is 0.692. The van der Waals surface area contributed by atoms with Gasteiger partial charge in [-0.15, -0.1) is 0 Å². The highest BCUT2D eigenvalue weighted by Gasteiger charge is 2.18. The molecule has 1 unspecified atom stereocenters. The number of hydrogen-bond acceptors (Lipinski definition) is 3. The van der Waals surface area contributed by atoms with Crippen LogP contribution in [0, 0.1) is 5.92 Å². The van der Waals surface area contributed by atoms with Crippen molar-refractivity contribution in [1.29, 1.82) is 0 Å². The van der Waals surface area contributed by atoms with Gasteiger partial charge in [-0.3, -0.25) is 0 Å². The third-order valence-electron chi connectivity index (χ3n) is 2.52. The Labute approximate surface area is 90.2 Å². The Morgan fingerprint density at radius 2 is 2.00 bits per heavy atom. The average molecular weight is 241 g/mol. The summed E-state index contributed by atoms with van der Waals surface area (Å²) in [5.41, 5.74) is 0. The molecule has 1 atom stereocenters. The molecule has 1 fully saturated rings. The highest BCUT2D eigenvalue weighted by atomic mass is 35.7. The fourth-order valence-corrected chi connectivity index (χ4v) is 3.00. The van der Waals surface area contributed by atoms with Crippen LogP contribution in [0.2, 0.25) is 0 Å². The van der Waals surface area contributed by atoms with Gasteiger partial charge < -0.3 is 4.74 Å². The lowest BCUT2D eigenvalue weighted by Gasteiger charge is -2.14. The van der Waals surface area contributed by atoms with Gasteiger partial charge in [0.2, 0.25) is 9.05 Å². The minimum Gasteiger partial charge on any atom is -0.377 e. The minimum atomic E-state index is -3.42. The zero-order chi connectivity index (χ0) is 10.6.